The lowest BCUT2D eigenvalue weighted by Crippen LogP contribution is -2.38. The van der Waals surface area contributed by atoms with Gasteiger partial charge in [0.05, 0.1) is 25.0 Å². The maximum absolute atomic E-state index is 10.2. The highest BCUT2D eigenvalue weighted by molar-refractivity contribution is 7.09. The first-order chi connectivity index (χ1) is 11.2. The number of fused-ring (bicyclic) bond motifs is 1. The predicted octanol–water partition coefficient (Wildman–Crippen LogP) is 2.04. The summed E-state index contributed by atoms with van der Waals surface area (Å²) in [5.41, 5.74) is 2.34. The molecule has 0 bridgehead atoms. The van der Waals surface area contributed by atoms with Crippen LogP contribution in [0.4, 0.5) is 0 Å². The van der Waals surface area contributed by atoms with E-state index in [1.807, 2.05) is 23.7 Å². The molecule has 6 heteroatoms. The minimum atomic E-state index is -0.469. The van der Waals surface area contributed by atoms with Crippen LogP contribution in [-0.2, 0) is 30.7 Å². The summed E-state index contributed by atoms with van der Waals surface area (Å²) in [5, 5.41) is 12.2. The average Bonchev–Trinajstić information content (AvgIpc) is 3.07. The SMILES string of the molecule is CCc1ncc2c(n1)CN(CC(O)COCc1cccs1)CC2. The van der Waals surface area contributed by atoms with Crippen LogP contribution in [0.25, 0.3) is 0 Å². The zero-order valence-corrected chi connectivity index (χ0v) is 14.3. The first-order valence-electron chi connectivity index (χ1n) is 8.08. The van der Waals surface area contributed by atoms with Crippen molar-refractivity contribution in [2.24, 2.45) is 0 Å². The summed E-state index contributed by atoms with van der Waals surface area (Å²) < 4.78 is 5.60. The number of aliphatic hydroxyl groups excluding tert-OH is 1. The lowest BCUT2D eigenvalue weighted by molar-refractivity contribution is 0.00823. The van der Waals surface area contributed by atoms with Gasteiger partial charge in [-0.2, -0.15) is 0 Å². The minimum Gasteiger partial charge on any atom is -0.389 e. The van der Waals surface area contributed by atoms with Crippen molar-refractivity contribution in [3.63, 3.8) is 0 Å². The Hall–Kier alpha value is -1.34. The number of aryl methyl sites for hydroxylation is 1. The van der Waals surface area contributed by atoms with Gasteiger partial charge in [-0.05, 0) is 23.4 Å². The van der Waals surface area contributed by atoms with Crippen molar-refractivity contribution in [3.05, 3.63) is 45.7 Å². The van der Waals surface area contributed by atoms with Crippen LogP contribution in [0.5, 0.6) is 0 Å². The van der Waals surface area contributed by atoms with Crippen LogP contribution in [0, 0.1) is 0 Å². The molecule has 3 rings (SSSR count). The third-order valence-corrected chi connectivity index (χ3v) is 4.84. The molecule has 1 unspecified atom stereocenters. The van der Waals surface area contributed by atoms with Gasteiger partial charge in [0.25, 0.3) is 0 Å². The summed E-state index contributed by atoms with van der Waals surface area (Å²) in [5.74, 6) is 0.894. The van der Waals surface area contributed by atoms with Crippen molar-refractivity contribution in [3.8, 4) is 0 Å². The average molecular weight is 333 g/mol. The van der Waals surface area contributed by atoms with Crippen molar-refractivity contribution in [1.82, 2.24) is 14.9 Å². The Morgan fingerprint density at radius 3 is 3.17 bits per heavy atom. The largest absolute Gasteiger partial charge is 0.389 e. The molecule has 0 aromatic carbocycles. The van der Waals surface area contributed by atoms with Gasteiger partial charge in [0.1, 0.15) is 5.82 Å². The molecule has 2 aromatic rings. The monoisotopic (exact) mass is 333 g/mol. The topological polar surface area (TPSA) is 58.5 Å². The van der Waals surface area contributed by atoms with Crippen LogP contribution in [0.1, 0.15) is 28.9 Å². The summed E-state index contributed by atoms with van der Waals surface area (Å²) in [7, 11) is 0. The molecule has 1 aliphatic rings. The molecule has 0 fully saturated rings. The highest BCUT2D eigenvalue weighted by Gasteiger charge is 2.20. The van der Waals surface area contributed by atoms with Crippen molar-refractivity contribution in [2.45, 2.75) is 39.0 Å². The molecule has 0 amide bonds. The lowest BCUT2D eigenvalue weighted by atomic mass is 10.1. The summed E-state index contributed by atoms with van der Waals surface area (Å²) in [6, 6.07) is 4.06. The lowest BCUT2D eigenvalue weighted by Gasteiger charge is -2.29. The normalized spacial score (nSPS) is 16.3. The van der Waals surface area contributed by atoms with Gasteiger partial charge in [-0.25, -0.2) is 9.97 Å². The van der Waals surface area contributed by atoms with Crippen molar-refractivity contribution in [1.29, 1.82) is 0 Å². The maximum atomic E-state index is 10.2. The van der Waals surface area contributed by atoms with Gasteiger partial charge in [-0.15, -0.1) is 11.3 Å². The fourth-order valence-electron chi connectivity index (χ4n) is 2.77. The van der Waals surface area contributed by atoms with Crippen LogP contribution in [0.2, 0.25) is 0 Å². The summed E-state index contributed by atoms with van der Waals surface area (Å²) in [6.45, 7) is 5.35. The molecule has 1 aliphatic heterocycles. The molecule has 0 saturated carbocycles. The van der Waals surface area contributed by atoms with Crippen molar-refractivity contribution >= 4 is 11.3 Å². The van der Waals surface area contributed by atoms with Gasteiger partial charge in [0, 0.05) is 37.1 Å². The molecule has 1 atom stereocenters. The quantitative estimate of drug-likeness (QED) is 0.840. The van der Waals surface area contributed by atoms with E-state index in [0.717, 1.165) is 37.4 Å². The second-order valence-electron chi connectivity index (χ2n) is 5.85. The second-order valence-corrected chi connectivity index (χ2v) is 6.88. The van der Waals surface area contributed by atoms with Gasteiger partial charge >= 0.3 is 0 Å². The number of ether oxygens (including phenoxy) is 1. The van der Waals surface area contributed by atoms with Crippen LogP contribution in [0.3, 0.4) is 0 Å². The molecule has 0 spiro atoms. The molecule has 3 heterocycles. The number of nitrogens with zero attached hydrogens (tertiary/aromatic N) is 3. The number of rotatable bonds is 7. The number of hydrogen-bond acceptors (Lipinski definition) is 6. The van der Waals surface area contributed by atoms with E-state index in [2.05, 4.69) is 21.8 Å². The van der Waals surface area contributed by atoms with Crippen molar-refractivity contribution < 1.29 is 9.84 Å². The third kappa shape index (κ3) is 4.57. The standard InChI is InChI=1S/C17H23N3O2S/c1-2-17-18-8-13-5-6-20(10-16(13)19-17)9-14(21)11-22-12-15-4-3-7-23-15/h3-4,7-8,14,21H,2,5-6,9-12H2,1H3. The van der Waals surface area contributed by atoms with E-state index >= 15 is 0 Å². The van der Waals surface area contributed by atoms with Gasteiger partial charge in [0.15, 0.2) is 0 Å². The Labute approximate surface area is 141 Å². The smallest absolute Gasteiger partial charge is 0.128 e. The molecule has 5 nitrogen and oxygen atoms in total. The van der Waals surface area contributed by atoms with E-state index in [4.69, 9.17) is 4.74 Å². The molecule has 0 aliphatic carbocycles. The van der Waals surface area contributed by atoms with Gasteiger partial charge in [-0.3, -0.25) is 4.90 Å². The molecule has 1 N–H and O–H groups in total. The summed E-state index contributed by atoms with van der Waals surface area (Å²) >= 11 is 1.67. The molecular formula is C17H23N3O2S. The van der Waals surface area contributed by atoms with E-state index in [1.54, 1.807) is 11.3 Å². The number of aromatic nitrogens is 2. The third-order valence-electron chi connectivity index (χ3n) is 3.99. The Kier molecular flexibility index (Phi) is 5.72. The molecule has 124 valence electrons. The fraction of sp³-hybridized carbons (Fsp3) is 0.529. The van der Waals surface area contributed by atoms with E-state index < -0.39 is 6.10 Å². The predicted molar refractivity (Wildman–Crippen MR) is 90.4 cm³/mol. The first-order valence-corrected chi connectivity index (χ1v) is 8.96. The number of β-amino-alcohol motifs (C(OH)–C–C–N with tert-alkyl or cyclic N) is 1. The summed E-state index contributed by atoms with van der Waals surface area (Å²) in [6.07, 6.45) is 3.29. The van der Waals surface area contributed by atoms with E-state index in [0.29, 0.717) is 19.8 Å². The van der Waals surface area contributed by atoms with Crippen LogP contribution in [-0.4, -0.2) is 45.8 Å². The first kappa shape index (κ1) is 16.5. The Bertz CT molecular complexity index is 618. The zero-order chi connectivity index (χ0) is 16.1. The highest BCUT2D eigenvalue weighted by atomic mass is 32.1. The molecule has 0 saturated heterocycles. The minimum absolute atomic E-state index is 0.366. The second kappa shape index (κ2) is 7.97. The van der Waals surface area contributed by atoms with E-state index in [9.17, 15) is 5.11 Å². The van der Waals surface area contributed by atoms with Gasteiger partial charge in [-0.1, -0.05) is 13.0 Å². The molecular weight excluding hydrogens is 310 g/mol. The Morgan fingerprint density at radius 2 is 2.39 bits per heavy atom. The Balaban J connectivity index is 1.46. The van der Waals surface area contributed by atoms with Crippen molar-refractivity contribution in [2.75, 3.05) is 19.7 Å². The zero-order valence-electron chi connectivity index (χ0n) is 13.4. The van der Waals surface area contributed by atoms with Crippen LogP contribution >= 0.6 is 11.3 Å². The van der Waals surface area contributed by atoms with E-state index in [-0.39, 0.29) is 0 Å². The number of thiophene rings is 1. The highest BCUT2D eigenvalue weighted by Crippen LogP contribution is 2.17. The van der Waals surface area contributed by atoms with Gasteiger partial charge in [0.2, 0.25) is 0 Å². The molecule has 23 heavy (non-hydrogen) atoms. The van der Waals surface area contributed by atoms with Crippen LogP contribution in [0.15, 0.2) is 23.7 Å². The Morgan fingerprint density at radius 1 is 1.48 bits per heavy atom. The van der Waals surface area contributed by atoms with Gasteiger partial charge < -0.3 is 9.84 Å². The number of hydrogen-bond donors (Lipinski definition) is 1. The molecule has 2 aromatic heterocycles. The summed E-state index contributed by atoms with van der Waals surface area (Å²) in [4.78, 5) is 12.4. The number of aliphatic hydroxyl groups is 1. The molecule has 0 radical (unpaired) electrons. The fourth-order valence-corrected chi connectivity index (χ4v) is 3.41. The van der Waals surface area contributed by atoms with Crippen LogP contribution < -0.4 is 0 Å². The van der Waals surface area contributed by atoms with E-state index in [1.165, 1.54) is 10.4 Å². The maximum Gasteiger partial charge on any atom is 0.128 e.